The van der Waals surface area contributed by atoms with Crippen LogP contribution in [0.25, 0.3) is 16.9 Å². The van der Waals surface area contributed by atoms with Crippen LogP contribution < -0.4 is 14.3 Å². The Morgan fingerprint density at radius 1 is 0.793 bits per heavy atom. The molecule has 0 unspecified atom stereocenters. The average Bonchev–Trinajstić information content (AvgIpc) is 3.18. The fourth-order valence-electron chi connectivity index (χ4n) is 2.96. The smallest absolute Gasteiger partial charge is 0.195 e. The van der Waals surface area contributed by atoms with Crippen LogP contribution >= 0.6 is 11.3 Å². The number of aromatic nitrogens is 1. The van der Waals surface area contributed by atoms with Crippen molar-refractivity contribution in [2.24, 2.45) is 4.99 Å². The number of hydrogen-bond donors (Lipinski definition) is 0. The summed E-state index contributed by atoms with van der Waals surface area (Å²) >= 11 is 1.52. The van der Waals surface area contributed by atoms with Crippen LogP contribution in [0, 0.1) is 5.82 Å². The molecule has 0 saturated heterocycles. The lowest BCUT2D eigenvalue weighted by Crippen LogP contribution is -2.13. The fourth-order valence-corrected chi connectivity index (χ4v) is 3.88. The van der Waals surface area contributed by atoms with Gasteiger partial charge in [-0.05, 0) is 78.4 Å². The second kappa shape index (κ2) is 8.32. The Hall–Kier alpha value is -3.38. The SMILES string of the molecule is COc1ccc(N=c2scc(-c3ccc(F)cc3)n2-c2ccc(OC)cc2)cc1. The van der Waals surface area contributed by atoms with E-state index < -0.39 is 0 Å². The van der Waals surface area contributed by atoms with E-state index >= 15 is 0 Å². The minimum Gasteiger partial charge on any atom is -0.497 e. The van der Waals surface area contributed by atoms with Crippen molar-refractivity contribution < 1.29 is 13.9 Å². The molecule has 4 aromatic rings. The Labute approximate surface area is 172 Å². The number of halogens is 1. The lowest BCUT2D eigenvalue weighted by atomic mass is 10.1. The molecule has 6 heteroatoms. The Kier molecular flexibility index (Phi) is 5.44. The predicted octanol–water partition coefficient (Wildman–Crippen LogP) is 5.59. The predicted molar refractivity (Wildman–Crippen MR) is 114 cm³/mol. The second-order valence-corrected chi connectivity index (χ2v) is 7.09. The Morgan fingerprint density at radius 3 is 1.97 bits per heavy atom. The first-order chi connectivity index (χ1) is 14.2. The number of thiazole rings is 1. The molecule has 4 nitrogen and oxygen atoms in total. The maximum atomic E-state index is 13.4. The van der Waals surface area contributed by atoms with E-state index in [1.807, 2.05) is 53.9 Å². The average molecular weight is 406 g/mol. The van der Waals surface area contributed by atoms with Crippen molar-refractivity contribution in [1.82, 2.24) is 4.57 Å². The van der Waals surface area contributed by atoms with Crippen LogP contribution in [0.15, 0.2) is 83.2 Å². The second-order valence-electron chi connectivity index (χ2n) is 6.25. The molecular weight excluding hydrogens is 387 g/mol. The van der Waals surface area contributed by atoms with Gasteiger partial charge in [-0.25, -0.2) is 9.38 Å². The molecule has 1 aromatic heterocycles. The number of benzene rings is 3. The first-order valence-electron chi connectivity index (χ1n) is 8.97. The van der Waals surface area contributed by atoms with Crippen LogP contribution in [0.3, 0.4) is 0 Å². The van der Waals surface area contributed by atoms with E-state index in [0.29, 0.717) is 0 Å². The van der Waals surface area contributed by atoms with E-state index in [1.165, 1.54) is 23.5 Å². The van der Waals surface area contributed by atoms with E-state index in [0.717, 1.165) is 38.9 Å². The molecule has 0 bridgehead atoms. The van der Waals surface area contributed by atoms with Crippen molar-refractivity contribution in [2.75, 3.05) is 14.2 Å². The molecule has 1 heterocycles. The van der Waals surface area contributed by atoms with Crippen LogP contribution in [-0.2, 0) is 0 Å². The van der Waals surface area contributed by atoms with Gasteiger partial charge in [-0.15, -0.1) is 11.3 Å². The van der Waals surface area contributed by atoms with E-state index in [9.17, 15) is 4.39 Å². The van der Waals surface area contributed by atoms with Gasteiger partial charge < -0.3 is 9.47 Å². The lowest BCUT2D eigenvalue weighted by molar-refractivity contribution is 0.414. The highest BCUT2D eigenvalue weighted by molar-refractivity contribution is 7.07. The van der Waals surface area contributed by atoms with Crippen LogP contribution in [-0.4, -0.2) is 18.8 Å². The molecule has 4 rings (SSSR count). The van der Waals surface area contributed by atoms with Crippen LogP contribution in [0.1, 0.15) is 0 Å². The zero-order valence-electron chi connectivity index (χ0n) is 16.0. The van der Waals surface area contributed by atoms with Gasteiger partial charge in [0.2, 0.25) is 0 Å². The summed E-state index contributed by atoms with van der Waals surface area (Å²) in [5.74, 6) is 1.30. The van der Waals surface area contributed by atoms with Gasteiger partial charge in [-0.1, -0.05) is 0 Å². The normalized spacial score (nSPS) is 11.5. The Balaban J connectivity index is 1.88. The van der Waals surface area contributed by atoms with E-state index in [4.69, 9.17) is 14.5 Å². The van der Waals surface area contributed by atoms with Gasteiger partial charge in [0.25, 0.3) is 0 Å². The van der Waals surface area contributed by atoms with E-state index in [-0.39, 0.29) is 5.82 Å². The van der Waals surface area contributed by atoms with Gasteiger partial charge in [0.05, 0.1) is 25.6 Å². The minimum absolute atomic E-state index is 0.261. The zero-order chi connectivity index (χ0) is 20.2. The Bertz CT molecular complexity index is 1160. The number of ether oxygens (including phenoxy) is 2. The topological polar surface area (TPSA) is 35.8 Å². The summed E-state index contributed by atoms with van der Waals surface area (Å²) in [7, 11) is 3.28. The Morgan fingerprint density at radius 2 is 1.38 bits per heavy atom. The molecule has 0 amide bonds. The van der Waals surface area contributed by atoms with Gasteiger partial charge >= 0.3 is 0 Å². The molecule has 0 radical (unpaired) electrons. The molecule has 29 heavy (non-hydrogen) atoms. The summed E-state index contributed by atoms with van der Waals surface area (Å²) in [6.45, 7) is 0. The van der Waals surface area contributed by atoms with Crippen molar-refractivity contribution in [2.45, 2.75) is 0 Å². The zero-order valence-corrected chi connectivity index (χ0v) is 16.8. The maximum absolute atomic E-state index is 13.4. The fraction of sp³-hybridized carbons (Fsp3) is 0.0870. The van der Waals surface area contributed by atoms with Crippen LogP contribution in [0.4, 0.5) is 10.1 Å². The molecule has 0 fully saturated rings. The van der Waals surface area contributed by atoms with Crippen LogP contribution in [0.5, 0.6) is 11.5 Å². The molecule has 3 aromatic carbocycles. The highest BCUT2D eigenvalue weighted by Crippen LogP contribution is 2.26. The van der Waals surface area contributed by atoms with Crippen molar-refractivity contribution in [3.63, 3.8) is 0 Å². The molecule has 146 valence electrons. The third-order valence-corrected chi connectivity index (χ3v) is 5.30. The van der Waals surface area contributed by atoms with Crippen molar-refractivity contribution in [3.05, 3.63) is 88.8 Å². The molecule has 0 aliphatic heterocycles. The first kappa shape index (κ1) is 19.0. The minimum atomic E-state index is -0.261. The summed E-state index contributed by atoms with van der Waals surface area (Å²) in [5, 5.41) is 2.03. The number of methoxy groups -OCH3 is 2. The summed E-state index contributed by atoms with van der Waals surface area (Å²) in [5.41, 5.74) is 3.61. The standard InChI is InChI=1S/C23H19FN2O2S/c1-27-20-11-7-18(8-12-20)25-23-26(19-9-13-21(28-2)14-10-19)22(15-29-23)16-3-5-17(24)6-4-16/h3-15H,1-2H3. The lowest BCUT2D eigenvalue weighted by Gasteiger charge is -2.10. The van der Waals surface area contributed by atoms with Crippen LogP contribution in [0.2, 0.25) is 0 Å². The first-order valence-corrected chi connectivity index (χ1v) is 9.85. The maximum Gasteiger partial charge on any atom is 0.195 e. The van der Waals surface area contributed by atoms with Gasteiger partial charge in [0, 0.05) is 11.1 Å². The van der Waals surface area contributed by atoms with Crippen molar-refractivity contribution in [1.29, 1.82) is 0 Å². The van der Waals surface area contributed by atoms with Gasteiger partial charge in [0.1, 0.15) is 17.3 Å². The number of nitrogens with zero attached hydrogens (tertiary/aromatic N) is 2. The molecule has 0 N–H and O–H groups in total. The van der Waals surface area contributed by atoms with Crippen molar-refractivity contribution >= 4 is 17.0 Å². The summed E-state index contributed by atoms with van der Waals surface area (Å²) in [6, 6.07) is 21.8. The summed E-state index contributed by atoms with van der Waals surface area (Å²) in [4.78, 5) is 5.62. The molecule has 0 aliphatic rings. The third kappa shape index (κ3) is 4.07. The highest BCUT2D eigenvalue weighted by atomic mass is 32.1. The number of rotatable bonds is 5. The molecule has 0 saturated carbocycles. The highest BCUT2D eigenvalue weighted by Gasteiger charge is 2.11. The quantitative estimate of drug-likeness (QED) is 0.433. The largest absolute Gasteiger partial charge is 0.497 e. The summed E-state index contributed by atoms with van der Waals surface area (Å²) < 4.78 is 26.0. The van der Waals surface area contributed by atoms with Gasteiger partial charge in [-0.2, -0.15) is 0 Å². The molecule has 0 spiro atoms. The van der Waals surface area contributed by atoms with Gasteiger partial charge in [0.15, 0.2) is 4.80 Å². The molecule has 0 aliphatic carbocycles. The van der Waals surface area contributed by atoms with Crippen molar-refractivity contribution in [3.8, 4) is 28.4 Å². The van der Waals surface area contributed by atoms with E-state index in [1.54, 1.807) is 26.4 Å². The third-order valence-electron chi connectivity index (χ3n) is 4.48. The number of hydrogen-bond acceptors (Lipinski definition) is 4. The van der Waals surface area contributed by atoms with E-state index in [2.05, 4.69) is 4.57 Å². The summed E-state index contributed by atoms with van der Waals surface area (Å²) in [6.07, 6.45) is 0. The van der Waals surface area contributed by atoms with Gasteiger partial charge in [-0.3, -0.25) is 4.57 Å². The molecule has 0 atom stereocenters. The monoisotopic (exact) mass is 406 g/mol. The molecular formula is C23H19FN2O2S.